The summed E-state index contributed by atoms with van der Waals surface area (Å²) >= 11 is 6.06. The van der Waals surface area contributed by atoms with Gasteiger partial charge >= 0.3 is 5.97 Å². The highest BCUT2D eigenvalue weighted by Crippen LogP contribution is 2.27. The zero-order chi connectivity index (χ0) is 24.7. The summed E-state index contributed by atoms with van der Waals surface area (Å²) < 4.78 is 24.5. The van der Waals surface area contributed by atoms with E-state index in [9.17, 15) is 14.0 Å². The number of amides is 1. The summed E-state index contributed by atoms with van der Waals surface area (Å²) in [5.41, 5.74) is 1.79. The van der Waals surface area contributed by atoms with E-state index in [0.717, 1.165) is 18.4 Å². The van der Waals surface area contributed by atoms with Crippen LogP contribution in [-0.2, 0) is 4.74 Å². The van der Waals surface area contributed by atoms with Gasteiger partial charge in [0.1, 0.15) is 17.1 Å². The molecular weight excluding hydrogens is 459 g/mol. The second-order valence-corrected chi connectivity index (χ2v) is 8.26. The van der Waals surface area contributed by atoms with Crippen molar-refractivity contribution >= 4 is 23.5 Å². The molecular formula is C26H26ClFN2O4. The molecule has 0 radical (unpaired) electrons. The van der Waals surface area contributed by atoms with E-state index in [0.29, 0.717) is 23.5 Å². The lowest BCUT2D eigenvalue weighted by Gasteiger charge is -2.16. The molecule has 8 heteroatoms. The number of pyridine rings is 1. The molecule has 0 aliphatic heterocycles. The summed E-state index contributed by atoms with van der Waals surface area (Å²) in [6.45, 7) is 5.84. The molecule has 1 N–H and O–H groups in total. The van der Waals surface area contributed by atoms with Gasteiger partial charge < -0.3 is 14.8 Å². The van der Waals surface area contributed by atoms with Crippen LogP contribution in [0.1, 0.15) is 64.6 Å². The molecule has 0 aliphatic carbocycles. The standard InChI is InChI=1S/C26H26ClFN2O4/c1-4-5-12-33-26(32)19-8-6-18(7-9-19)17(3)30-24(31)22-14-20(27)15-29-25(22)34-21-10-11-23(28)16(2)13-21/h6-11,13-15,17H,4-5,12H2,1-3H3,(H,30,31)/t17-/m0/s1. The average Bonchev–Trinajstić information content (AvgIpc) is 2.82. The number of benzene rings is 2. The molecule has 0 spiro atoms. The lowest BCUT2D eigenvalue weighted by atomic mass is 10.1. The van der Waals surface area contributed by atoms with Gasteiger partial charge in [0.15, 0.2) is 0 Å². The van der Waals surface area contributed by atoms with Gasteiger partial charge in [-0.25, -0.2) is 14.2 Å². The first kappa shape index (κ1) is 25.2. The fraction of sp³-hybridized carbons (Fsp3) is 0.269. The molecule has 3 rings (SSSR count). The highest BCUT2D eigenvalue weighted by molar-refractivity contribution is 6.30. The van der Waals surface area contributed by atoms with Gasteiger partial charge in [0.2, 0.25) is 5.88 Å². The fourth-order valence-electron chi connectivity index (χ4n) is 3.12. The number of aryl methyl sites for hydroxylation is 1. The molecule has 34 heavy (non-hydrogen) atoms. The maximum atomic E-state index is 13.6. The second kappa shape index (κ2) is 11.6. The van der Waals surface area contributed by atoms with Crippen molar-refractivity contribution in [3.63, 3.8) is 0 Å². The first-order valence-corrected chi connectivity index (χ1v) is 11.3. The number of hydrogen-bond donors (Lipinski definition) is 1. The van der Waals surface area contributed by atoms with Gasteiger partial charge in [-0.3, -0.25) is 4.79 Å². The summed E-state index contributed by atoms with van der Waals surface area (Å²) in [6, 6.07) is 12.2. The van der Waals surface area contributed by atoms with Crippen LogP contribution in [-0.4, -0.2) is 23.5 Å². The third-order valence-corrected chi connectivity index (χ3v) is 5.34. The van der Waals surface area contributed by atoms with Gasteiger partial charge in [-0.05, 0) is 67.8 Å². The largest absolute Gasteiger partial charge is 0.462 e. The zero-order valence-corrected chi connectivity index (χ0v) is 20.0. The van der Waals surface area contributed by atoms with E-state index in [1.807, 2.05) is 13.8 Å². The van der Waals surface area contributed by atoms with Crippen molar-refractivity contribution in [2.75, 3.05) is 6.61 Å². The van der Waals surface area contributed by atoms with Gasteiger partial charge in [-0.15, -0.1) is 0 Å². The Bertz CT molecular complexity index is 1170. The molecule has 1 amide bonds. The SMILES string of the molecule is CCCCOC(=O)c1ccc([C@H](C)NC(=O)c2cc(Cl)cnc2Oc2ccc(F)c(C)c2)cc1. The van der Waals surface area contributed by atoms with Gasteiger partial charge in [-0.1, -0.05) is 37.1 Å². The minimum atomic E-state index is -0.445. The smallest absolute Gasteiger partial charge is 0.338 e. The number of halogens is 2. The maximum Gasteiger partial charge on any atom is 0.338 e. The van der Waals surface area contributed by atoms with E-state index >= 15 is 0 Å². The molecule has 1 atom stereocenters. The molecule has 3 aromatic rings. The minimum Gasteiger partial charge on any atom is -0.462 e. The van der Waals surface area contributed by atoms with Gasteiger partial charge in [0.05, 0.1) is 23.2 Å². The van der Waals surface area contributed by atoms with Crippen LogP contribution in [0.2, 0.25) is 5.02 Å². The van der Waals surface area contributed by atoms with Gasteiger partial charge in [0.25, 0.3) is 5.91 Å². The Kier molecular flexibility index (Phi) is 8.60. The number of carbonyl (C=O) groups is 2. The van der Waals surface area contributed by atoms with Crippen LogP contribution in [0.5, 0.6) is 11.6 Å². The Morgan fingerprint density at radius 3 is 2.56 bits per heavy atom. The lowest BCUT2D eigenvalue weighted by molar-refractivity contribution is 0.0499. The second-order valence-electron chi connectivity index (χ2n) is 7.83. The number of hydrogen-bond acceptors (Lipinski definition) is 5. The van der Waals surface area contributed by atoms with E-state index in [4.69, 9.17) is 21.1 Å². The van der Waals surface area contributed by atoms with Crippen LogP contribution < -0.4 is 10.1 Å². The molecule has 2 aromatic carbocycles. The third kappa shape index (κ3) is 6.54. The number of nitrogens with one attached hydrogen (secondary N) is 1. The first-order valence-electron chi connectivity index (χ1n) is 11.0. The third-order valence-electron chi connectivity index (χ3n) is 5.13. The van der Waals surface area contributed by atoms with E-state index in [2.05, 4.69) is 10.3 Å². The predicted molar refractivity (Wildman–Crippen MR) is 128 cm³/mol. The van der Waals surface area contributed by atoms with Crippen LogP contribution in [0.15, 0.2) is 54.7 Å². The number of nitrogens with zero attached hydrogens (tertiary/aromatic N) is 1. The van der Waals surface area contributed by atoms with Crippen molar-refractivity contribution in [3.05, 3.63) is 87.8 Å². The number of ether oxygens (including phenoxy) is 2. The minimum absolute atomic E-state index is 0.0466. The molecule has 0 unspecified atom stereocenters. The summed E-state index contributed by atoms with van der Waals surface area (Å²) in [7, 11) is 0. The molecule has 0 bridgehead atoms. The van der Waals surface area contributed by atoms with Crippen molar-refractivity contribution < 1.29 is 23.5 Å². The van der Waals surface area contributed by atoms with Crippen LogP contribution in [0.25, 0.3) is 0 Å². The van der Waals surface area contributed by atoms with Crippen LogP contribution in [0.3, 0.4) is 0 Å². The van der Waals surface area contributed by atoms with Crippen molar-refractivity contribution in [2.24, 2.45) is 0 Å². The quantitative estimate of drug-likeness (QED) is 0.280. The molecule has 178 valence electrons. The Balaban J connectivity index is 1.71. The summed E-state index contributed by atoms with van der Waals surface area (Å²) in [6.07, 6.45) is 3.13. The topological polar surface area (TPSA) is 77.5 Å². The predicted octanol–water partition coefficient (Wildman–Crippen LogP) is 6.42. The normalized spacial score (nSPS) is 11.6. The van der Waals surface area contributed by atoms with Crippen molar-refractivity contribution in [1.29, 1.82) is 0 Å². The van der Waals surface area contributed by atoms with Crippen LogP contribution in [0.4, 0.5) is 4.39 Å². The Morgan fingerprint density at radius 1 is 1.15 bits per heavy atom. The molecule has 0 aliphatic rings. The van der Waals surface area contributed by atoms with Crippen LogP contribution in [0, 0.1) is 12.7 Å². The van der Waals surface area contributed by atoms with Gasteiger partial charge in [-0.2, -0.15) is 0 Å². The van der Waals surface area contributed by atoms with E-state index in [1.54, 1.807) is 31.2 Å². The number of unbranched alkanes of at least 4 members (excludes halogenated alkanes) is 1. The highest BCUT2D eigenvalue weighted by atomic mass is 35.5. The summed E-state index contributed by atoms with van der Waals surface area (Å²) in [4.78, 5) is 29.2. The molecule has 6 nitrogen and oxygen atoms in total. The Morgan fingerprint density at radius 2 is 1.88 bits per heavy atom. The number of aromatic nitrogens is 1. The number of carbonyl (C=O) groups excluding carboxylic acids is 2. The highest BCUT2D eigenvalue weighted by Gasteiger charge is 2.19. The number of esters is 1. The monoisotopic (exact) mass is 484 g/mol. The van der Waals surface area contributed by atoms with Crippen molar-refractivity contribution in [2.45, 2.75) is 39.7 Å². The van der Waals surface area contributed by atoms with E-state index in [-0.39, 0.29) is 34.3 Å². The number of rotatable bonds is 9. The Labute approximate surface area is 203 Å². The molecule has 0 saturated carbocycles. The van der Waals surface area contributed by atoms with E-state index in [1.165, 1.54) is 30.5 Å². The fourth-order valence-corrected chi connectivity index (χ4v) is 3.28. The van der Waals surface area contributed by atoms with Crippen molar-refractivity contribution in [3.8, 4) is 11.6 Å². The van der Waals surface area contributed by atoms with Crippen LogP contribution >= 0.6 is 11.6 Å². The molecule has 0 fully saturated rings. The molecule has 1 aromatic heterocycles. The molecule has 0 saturated heterocycles. The summed E-state index contributed by atoms with van der Waals surface area (Å²) in [5, 5.41) is 3.15. The van der Waals surface area contributed by atoms with Gasteiger partial charge in [0, 0.05) is 6.20 Å². The van der Waals surface area contributed by atoms with E-state index < -0.39 is 5.91 Å². The zero-order valence-electron chi connectivity index (χ0n) is 19.2. The first-order chi connectivity index (χ1) is 16.3. The maximum absolute atomic E-state index is 13.6. The van der Waals surface area contributed by atoms with Crippen molar-refractivity contribution in [1.82, 2.24) is 10.3 Å². The summed E-state index contributed by atoms with van der Waals surface area (Å²) in [5.74, 6) is -0.787. The lowest BCUT2D eigenvalue weighted by Crippen LogP contribution is -2.27. The Hall–Kier alpha value is -3.45. The molecule has 1 heterocycles. The average molecular weight is 485 g/mol.